The van der Waals surface area contributed by atoms with Crippen LogP contribution in [0.2, 0.25) is 10.0 Å². The Morgan fingerprint density at radius 1 is 1.03 bits per heavy atom. The summed E-state index contributed by atoms with van der Waals surface area (Å²) in [6, 6.07) is 20.4. The molecule has 0 N–H and O–H groups in total. The van der Waals surface area contributed by atoms with Gasteiger partial charge in [0.2, 0.25) is 0 Å². The Balaban J connectivity index is 1.56. The summed E-state index contributed by atoms with van der Waals surface area (Å²) in [6.07, 6.45) is 1.84. The maximum absolute atomic E-state index is 13.1. The third-order valence-electron chi connectivity index (χ3n) is 5.09. The van der Waals surface area contributed by atoms with E-state index >= 15 is 0 Å². The molecule has 0 atom stereocenters. The monoisotopic (exact) mass is 512 g/mol. The Hall–Kier alpha value is -2.93. The van der Waals surface area contributed by atoms with Gasteiger partial charge in [0.15, 0.2) is 5.17 Å². The number of benzene rings is 3. The third kappa shape index (κ3) is 5.58. The Kier molecular flexibility index (Phi) is 7.83. The molecule has 1 aliphatic rings. The summed E-state index contributed by atoms with van der Waals surface area (Å²) in [4.78, 5) is 20.0. The van der Waals surface area contributed by atoms with Crippen LogP contribution >= 0.6 is 35.0 Å². The highest BCUT2D eigenvalue weighted by Crippen LogP contribution is 2.36. The third-order valence-corrected chi connectivity index (χ3v) is 6.83. The average molecular weight is 513 g/mol. The van der Waals surface area contributed by atoms with E-state index in [0.29, 0.717) is 39.0 Å². The largest absolute Gasteiger partial charge is 0.497 e. The Morgan fingerprint density at radius 2 is 1.79 bits per heavy atom. The van der Waals surface area contributed by atoms with Crippen molar-refractivity contribution in [1.29, 1.82) is 0 Å². The first kappa shape index (κ1) is 24.2. The number of carbonyl (C=O) groups is 1. The number of nitrogens with zero attached hydrogens (tertiary/aromatic N) is 2. The summed E-state index contributed by atoms with van der Waals surface area (Å²) in [5.41, 5.74) is 2.45. The first-order chi connectivity index (χ1) is 16.5. The summed E-state index contributed by atoms with van der Waals surface area (Å²) in [5, 5.41) is 1.62. The highest BCUT2D eigenvalue weighted by Gasteiger charge is 2.32. The normalized spacial score (nSPS) is 15.9. The summed E-state index contributed by atoms with van der Waals surface area (Å²) >= 11 is 13.5. The molecule has 1 heterocycles. The van der Waals surface area contributed by atoms with Crippen molar-refractivity contribution < 1.29 is 14.3 Å². The smallest absolute Gasteiger partial charge is 0.266 e. The van der Waals surface area contributed by atoms with Crippen molar-refractivity contribution >= 4 is 57.8 Å². The van der Waals surface area contributed by atoms with Crippen molar-refractivity contribution in [3.8, 4) is 11.5 Å². The van der Waals surface area contributed by atoms with Gasteiger partial charge < -0.3 is 9.47 Å². The second-order valence-corrected chi connectivity index (χ2v) is 9.15. The summed E-state index contributed by atoms with van der Waals surface area (Å²) in [6.45, 7) is 2.77. The van der Waals surface area contributed by atoms with Gasteiger partial charge in [0, 0.05) is 12.1 Å². The van der Waals surface area contributed by atoms with Crippen LogP contribution in [0.15, 0.2) is 76.6 Å². The molecular formula is C26H22Cl2N2O3S. The number of thioether (sulfide) groups is 1. The summed E-state index contributed by atoms with van der Waals surface area (Å²) in [5.74, 6) is 1.33. The predicted molar refractivity (Wildman–Crippen MR) is 140 cm³/mol. The molecule has 8 heteroatoms. The molecule has 0 spiro atoms. The zero-order valence-corrected chi connectivity index (χ0v) is 21.0. The second-order valence-electron chi connectivity index (χ2n) is 7.33. The molecular weight excluding hydrogens is 491 g/mol. The van der Waals surface area contributed by atoms with Crippen molar-refractivity contribution in [1.82, 2.24) is 4.90 Å². The maximum atomic E-state index is 13.1. The van der Waals surface area contributed by atoms with Crippen molar-refractivity contribution in [3.63, 3.8) is 0 Å². The predicted octanol–water partition coefficient (Wildman–Crippen LogP) is 7.20. The molecule has 0 aliphatic carbocycles. The lowest BCUT2D eigenvalue weighted by atomic mass is 10.1. The number of aliphatic imine (C=N–C) groups is 1. The van der Waals surface area contributed by atoms with Crippen LogP contribution in [0.25, 0.3) is 6.08 Å². The molecule has 0 aromatic heterocycles. The number of carbonyl (C=O) groups excluding carboxylic acids is 1. The van der Waals surface area contributed by atoms with E-state index in [2.05, 4.69) is 4.99 Å². The van der Waals surface area contributed by atoms with E-state index in [1.54, 1.807) is 24.1 Å². The lowest BCUT2D eigenvalue weighted by Crippen LogP contribution is -2.28. The van der Waals surface area contributed by atoms with Gasteiger partial charge in [-0.25, -0.2) is 4.99 Å². The molecule has 34 heavy (non-hydrogen) atoms. The number of methoxy groups -OCH3 is 1. The van der Waals surface area contributed by atoms with Crippen LogP contribution in [-0.2, 0) is 11.4 Å². The highest BCUT2D eigenvalue weighted by molar-refractivity contribution is 8.18. The molecule has 3 aromatic carbocycles. The molecule has 0 unspecified atom stereocenters. The quantitative estimate of drug-likeness (QED) is 0.314. The van der Waals surface area contributed by atoms with Gasteiger partial charge in [-0.2, -0.15) is 0 Å². The number of halogens is 2. The molecule has 4 rings (SSSR count). The van der Waals surface area contributed by atoms with E-state index in [1.165, 1.54) is 11.8 Å². The lowest BCUT2D eigenvalue weighted by Gasteiger charge is -2.12. The van der Waals surface area contributed by atoms with Crippen LogP contribution < -0.4 is 9.47 Å². The topological polar surface area (TPSA) is 51.1 Å². The van der Waals surface area contributed by atoms with E-state index < -0.39 is 0 Å². The fraction of sp³-hybridized carbons (Fsp3) is 0.154. The number of para-hydroxylation sites is 1. The second kappa shape index (κ2) is 11.0. The zero-order chi connectivity index (χ0) is 24.1. The number of amides is 1. The van der Waals surface area contributed by atoms with Gasteiger partial charge in [-0.15, -0.1) is 0 Å². The SMILES string of the molecule is CCN1C(=O)/C(=C\c2ccccc2OCc2ccc(Cl)c(Cl)c2)SC1=Nc1ccc(OC)cc1. The van der Waals surface area contributed by atoms with Crippen LogP contribution in [0.5, 0.6) is 11.5 Å². The fourth-order valence-corrected chi connectivity index (χ4v) is 4.67. The molecule has 1 saturated heterocycles. The van der Waals surface area contributed by atoms with E-state index in [9.17, 15) is 4.79 Å². The minimum atomic E-state index is -0.0842. The Labute approximate surface area is 213 Å². The first-order valence-corrected chi connectivity index (χ1v) is 12.2. The van der Waals surface area contributed by atoms with Gasteiger partial charge in [0.05, 0.1) is 27.7 Å². The minimum Gasteiger partial charge on any atom is -0.497 e. The van der Waals surface area contributed by atoms with Gasteiger partial charge in [-0.3, -0.25) is 9.69 Å². The van der Waals surface area contributed by atoms with Crippen LogP contribution in [0.3, 0.4) is 0 Å². The molecule has 3 aromatic rings. The van der Waals surface area contributed by atoms with E-state index in [1.807, 2.05) is 67.6 Å². The van der Waals surface area contributed by atoms with E-state index in [-0.39, 0.29) is 5.91 Å². The first-order valence-electron chi connectivity index (χ1n) is 10.6. The van der Waals surface area contributed by atoms with Crippen molar-refractivity contribution in [3.05, 3.63) is 92.8 Å². The molecule has 174 valence electrons. The standard InChI is InChI=1S/C26H22Cl2N2O3S/c1-3-30-25(31)24(34-26(30)29-19-9-11-20(32-2)12-10-19)15-18-6-4-5-7-23(18)33-16-17-8-13-21(27)22(28)14-17/h4-15H,3,16H2,1-2H3/b24-15+,29-26?. The Bertz CT molecular complexity index is 1260. The molecule has 1 aliphatic heterocycles. The summed E-state index contributed by atoms with van der Waals surface area (Å²) in [7, 11) is 1.62. The highest BCUT2D eigenvalue weighted by atomic mass is 35.5. The number of rotatable bonds is 7. The number of hydrogen-bond acceptors (Lipinski definition) is 5. The fourth-order valence-electron chi connectivity index (χ4n) is 3.30. The van der Waals surface area contributed by atoms with Gasteiger partial charge in [-0.1, -0.05) is 47.5 Å². The molecule has 0 radical (unpaired) electrons. The van der Waals surface area contributed by atoms with Crippen LogP contribution in [0.1, 0.15) is 18.1 Å². The van der Waals surface area contributed by atoms with Crippen LogP contribution in [0.4, 0.5) is 5.69 Å². The number of hydrogen-bond donors (Lipinski definition) is 0. The van der Waals surface area contributed by atoms with Crippen molar-refractivity contribution in [2.75, 3.05) is 13.7 Å². The van der Waals surface area contributed by atoms with Crippen LogP contribution in [0, 0.1) is 0 Å². The van der Waals surface area contributed by atoms with E-state index in [0.717, 1.165) is 22.6 Å². The molecule has 0 bridgehead atoms. The number of ether oxygens (including phenoxy) is 2. The zero-order valence-electron chi connectivity index (χ0n) is 18.6. The van der Waals surface area contributed by atoms with Gasteiger partial charge in [0.1, 0.15) is 18.1 Å². The van der Waals surface area contributed by atoms with Crippen molar-refractivity contribution in [2.45, 2.75) is 13.5 Å². The number of likely N-dealkylation sites (N-methyl/N-ethyl adjacent to an activating group) is 1. The van der Waals surface area contributed by atoms with Crippen LogP contribution in [-0.4, -0.2) is 29.6 Å². The van der Waals surface area contributed by atoms with Gasteiger partial charge in [-0.05, 0) is 72.8 Å². The van der Waals surface area contributed by atoms with E-state index in [4.69, 9.17) is 32.7 Å². The summed E-state index contributed by atoms with van der Waals surface area (Å²) < 4.78 is 11.2. The molecule has 1 amide bonds. The maximum Gasteiger partial charge on any atom is 0.266 e. The average Bonchev–Trinajstić information content (AvgIpc) is 3.14. The number of amidine groups is 1. The van der Waals surface area contributed by atoms with Gasteiger partial charge in [0.25, 0.3) is 5.91 Å². The molecule has 0 saturated carbocycles. The minimum absolute atomic E-state index is 0.0842. The molecule has 5 nitrogen and oxygen atoms in total. The molecule has 1 fully saturated rings. The van der Waals surface area contributed by atoms with Crippen molar-refractivity contribution in [2.24, 2.45) is 4.99 Å². The lowest BCUT2D eigenvalue weighted by molar-refractivity contribution is -0.122. The van der Waals surface area contributed by atoms with Gasteiger partial charge >= 0.3 is 0 Å². The Morgan fingerprint density at radius 3 is 2.50 bits per heavy atom.